The summed E-state index contributed by atoms with van der Waals surface area (Å²) < 4.78 is 0. The molecule has 0 amide bonds. The van der Waals surface area contributed by atoms with E-state index in [1.54, 1.807) is 18.2 Å². The van der Waals surface area contributed by atoms with Gasteiger partial charge in [-0.15, -0.1) is 0 Å². The lowest BCUT2D eigenvalue weighted by Gasteiger charge is -2.24. The zero-order valence-corrected chi connectivity index (χ0v) is 12.3. The van der Waals surface area contributed by atoms with Crippen molar-refractivity contribution in [1.82, 2.24) is 0 Å². The van der Waals surface area contributed by atoms with Crippen LogP contribution in [0.25, 0.3) is 0 Å². The van der Waals surface area contributed by atoms with Crippen molar-refractivity contribution in [3.63, 3.8) is 0 Å². The molecule has 0 atom stereocenters. The van der Waals surface area contributed by atoms with Crippen LogP contribution >= 0.6 is 23.2 Å². The molecule has 0 saturated heterocycles. The maximum absolute atomic E-state index is 12.7. The highest BCUT2D eigenvalue weighted by Gasteiger charge is 2.32. The predicted octanol–water partition coefficient (Wildman–Crippen LogP) is 5.15. The van der Waals surface area contributed by atoms with Crippen LogP contribution < -0.4 is 0 Å². The Bertz CT molecular complexity index is 603. The van der Waals surface area contributed by atoms with E-state index in [0.717, 1.165) is 5.56 Å². The summed E-state index contributed by atoms with van der Waals surface area (Å²) in [6, 6.07) is 14.8. The van der Waals surface area contributed by atoms with Gasteiger partial charge in [0.05, 0.1) is 15.5 Å². The van der Waals surface area contributed by atoms with E-state index in [-0.39, 0.29) is 5.78 Å². The summed E-state index contributed by atoms with van der Waals surface area (Å²) in [5, 5.41) is 0.717. The Morgan fingerprint density at radius 3 is 2.21 bits per heavy atom. The summed E-state index contributed by atoms with van der Waals surface area (Å²) in [6.45, 7) is 3.78. The molecular weight excluding hydrogens is 279 g/mol. The van der Waals surface area contributed by atoms with Gasteiger partial charge in [-0.05, 0) is 31.5 Å². The van der Waals surface area contributed by atoms with Crippen molar-refractivity contribution in [2.24, 2.45) is 0 Å². The third kappa shape index (κ3) is 2.68. The third-order valence-electron chi connectivity index (χ3n) is 3.26. The molecule has 98 valence electrons. The van der Waals surface area contributed by atoms with Crippen molar-refractivity contribution < 1.29 is 4.79 Å². The second kappa shape index (κ2) is 5.36. The van der Waals surface area contributed by atoms with Gasteiger partial charge in [-0.3, -0.25) is 4.79 Å². The summed E-state index contributed by atoms with van der Waals surface area (Å²) in [7, 11) is 0. The molecule has 2 aromatic carbocycles. The van der Waals surface area contributed by atoms with Crippen LogP contribution in [0.15, 0.2) is 48.5 Å². The van der Waals surface area contributed by atoms with Gasteiger partial charge in [0, 0.05) is 5.56 Å². The Hall–Kier alpha value is -1.31. The molecular formula is C16H14Cl2O. The predicted molar refractivity (Wildman–Crippen MR) is 80.3 cm³/mol. The lowest BCUT2D eigenvalue weighted by Crippen LogP contribution is -2.29. The Labute approximate surface area is 123 Å². The van der Waals surface area contributed by atoms with Crippen LogP contribution in [0.5, 0.6) is 0 Å². The van der Waals surface area contributed by atoms with Gasteiger partial charge < -0.3 is 0 Å². The van der Waals surface area contributed by atoms with E-state index in [2.05, 4.69) is 0 Å². The van der Waals surface area contributed by atoms with E-state index >= 15 is 0 Å². The molecule has 2 aromatic rings. The van der Waals surface area contributed by atoms with Crippen molar-refractivity contribution in [2.45, 2.75) is 19.3 Å². The zero-order chi connectivity index (χ0) is 14.0. The summed E-state index contributed by atoms with van der Waals surface area (Å²) in [5.41, 5.74) is 0.773. The van der Waals surface area contributed by atoms with E-state index in [1.165, 1.54) is 0 Å². The monoisotopic (exact) mass is 292 g/mol. The highest BCUT2D eigenvalue weighted by molar-refractivity contribution is 6.44. The summed E-state index contributed by atoms with van der Waals surface area (Å²) in [5.74, 6) is -0.0359. The van der Waals surface area contributed by atoms with Crippen molar-refractivity contribution in [3.8, 4) is 0 Å². The van der Waals surface area contributed by atoms with E-state index in [9.17, 15) is 4.79 Å². The molecule has 0 heterocycles. The standard InChI is InChI=1S/C16H14Cl2O/c1-16(2,11-7-4-3-5-8-11)15(19)12-9-6-10-13(17)14(12)18/h3-10H,1-2H3. The number of benzene rings is 2. The van der Waals surface area contributed by atoms with Gasteiger partial charge in [0.2, 0.25) is 0 Å². The summed E-state index contributed by atoms with van der Waals surface area (Å²) >= 11 is 12.1. The Kier molecular flexibility index (Phi) is 3.98. The molecule has 0 bridgehead atoms. The molecule has 3 heteroatoms. The van der Waals surface area contributed by atoms with Crippen molar-refractivity contribution in [1.29, 1.82) is 0 Å². The highest BCUT2D eigenvalue weighted by Crippen LogP contribution is 2.33. The largest absolute Gasteiger partial charge is 0.293 e. The molecule has 0 spiro atoms. The van der Waals surface area contributed by atoms with Gasteiger partial charge in [0.1, 0.15) is 0 Å². The molecule has 0 aliphatic heterocycles. The van der Waals surface area contributed by atoms with E-state index < -0.39 is 5.41 Å². The van der Waals surface area contributed by atoms with E-state index in [0.29, 0.717) is 15.6 Å². The molecule has 0 aliphatic rings. The van der Waals surface area contributed by atoms with Gasteiger partial charge in [0.15, 0.2) is 5.78 Å². The summed E-state index contributed by atoms with van der Waals surface area (Å²) in [4.78, 5) is 12.7. The minimum absolute atomic E-state index is 0.0359. The molecule has 0 unspecified atom stereocenters. The average Bonchev–Trinajstić information content (AvgIpc) is 2.42. The Morgan fingerprint density at radius 1 is 0.947 bits per heavy atom. The van der Waals surface area contributed by atoms with Crippen LogP contribution in [0.3, 0.4) is 0 Å². The average molecular weight is 293 g/mol. The first-order chi connectivity index (χ1) is 8.94. The second-order valence-electron chi connectivity index (χ2n) is 4.92. The van der Waals surface area contributed by atoms with Crippen LogP contribution in [0.1, 0.15) is 29.8 Å². The first-order valence-electron chi connectivity index (χ1n) is 5.99. The quantitative estimate of drug-likeness (QED) is 0.715. The molecule has 1 nitrogen and oxygen atoms in total. The van der Waals surface area contributed by atoms with Gasteiger partial charge in [-0.1, -0.05) is 59.6 Å². The van der Waals surface area contributed by atoms with Gasteiger partial charge in [0.25, 0.3) is 0 Å². The number of Topliss-reactive ketones (excluding diaryl/α,β-unsaturated/α-hetero) is 1. The maximum atomic E-state index is 12.7. The number of halogens is 2. The number of hydrogen-bond donors (Lipinski definition) is 0. The van der Waals surface area contributed by atoms with E-state index in [4.69, 9.17) is 23.2 Å². The normalized spacial score (nSPS) is 11.4. The van der Waals surface area contributed by atoms with Crippen LogP contribution in [-0.2, 0) is 5.41 Å². The van der Waals surface area contributed by atoms with Crippen molar-refractivity contribution in [3.05, 3.63) is 69.7 Å². The maximum Gasteiger partial charge on any atom is 0.174 e. The minimum atomic E-state index is -0.643. The fourth-order valence-corrected chi connectivity index (χ4v) is 2.39. The fraction of sp³-hybridized carbons (Fsp3) is 0.188. The third-order valence-corrected chi connectivity index (χ3v) is 4.08. The number of rotatable bonds is 3. The first-order valence-corrected chi connectivity index (χ1v) is 6.74. The van der Waals surface area contributed by atoms with Crippen molar-refractivity contribution in [2.75, 3.05) is 0 Å². The first kappa shape index (κ1) is 14.1. The van der Waals surface area contributed by atoms with Gasteiger partial charge >= 0.3 is 0 Å². The van der Waals surface area contributed by atoms with Crippen LogP contribution in [0.2, 0.25) is 10.0 Å². The molecule has 19 heavy (non-hydrogen) atoms. The topological polar surface area (TPSA) is 17.1 Å². The van der Waals surface area contributed by atoms with Gasteiger partial charge in [-0.25, -0.2) is 0 Å². The highest BCUT2D eigenvalue weighted by atomic mass is 35.5. The Balaban J connectivity index is 2.47. The smallest absolute Gasteiger partial charge is 0.174 e. The number of carbonyl (C=O) groups excluding carboxylic acids is 1. The van der Waals surface area contributed by atoms with Crippen LogP contribution in [0.4, 0.5) is 0 Å². The molecule has 0 aliphatic carbocycles. The molecule has 2 rings (SSSR count). The second-order valence-corrected chi connectivity index (χ2v) is 5.71. The number of ketones is 1. The lowest BCUT2D eigenvalue weighted by molar-refractivity contribution is 0.0909. The van der Waals surface area contributed by atoms with Gasteiger partial charge in [-0.2, -0.15) is 0 Å². The number of carbonyl (C=O) groups is 1. The lowest BCUT2D eigenvalue weighted by atomic mass is 9.78. The molecule has 0 fully saturated rings. The van der Waals surface area contributed by atoms with E-state index in [1.807, 2.05) is 44.2 Å². The molecule has 0 N–H and O–H groups in total. The molecule has 0 radical (unpaired) electrons. The molecule has 0 aromatic heterocycles. The fourth-order valence-electron chi connectivity index (χ4n) is 2.00. The minimum Gasteiger partial charge on any atom is -0.293 e. The van der Waals surface area contributed by atoms with Crippen LogP contribution in [-0.4, -0.2) is 5.78 Å². The van der Waals surface area contributed by atoms with Crippen LogP contribution in [0, 0.1) is 0 Å². The number of hydrogen-bond acceptors (Lipinski definition) is 1. The summed E-state index contributed by atoms with van der Waals surface area (Å²) in [6.07, 6.45) is 0. The SMILES string of the molecule is CC(C)(C(=O)c1cccc(Cl)c1Cl)c1ccccc1. The van der Waals surface area contributed by atoms with Crippen molar-refractivity contribution >= 4 is 29.0 Å². The Morgan fingerprint density at radius 2 is 1.58 bits per heavy atom. The molecule has 0 saturated carbocycles. The zero-order valence-electron chi connectivity index (χ0n) is 10.8.